The second kappa shape index (κ2) is 9.03. The molecule has 1 aliphatic heterocycles. The summed E-state index contributed by atoms with van der Waals surface area (Å²) < 4.78 is 38.4. The maximum Gasteiger partial charge on any atom is 0.238 e. The predicted molar refractivity (Wildman–Crippen MR) is 138 cm³/mol. The SMILES string of the molecule is NS(=O)(=O)c1ccc(-n2cc(COc3ccc4c(c3)OCCn3c-4nc4cc(Cl)c(Cl)cc43)nn2)cc1. The van der Waals surface area contributed by atoms with E-state index in [1.165, 1.54) is 16.8 Å². The van der Waals surface area contributed by atoms with Gasteiger partial charge in [0.15, 0.2) is 0 Å². The quantitative estimate of drug-likeness (QED) is 0.343. The number of nitrogens with zero attached hydrogens (tertiary/aromatic N) is 5. The van der Waals surface area contributed by atoms with E-state index in [1.54, 1.807) is 24.4 Å². The molecule has 0 spiro atoms. The van der Waals surface area contributed by atoms with Gasteiger partial charge in [0, 0.05) is 6.07 Å². The van der Waals surface area contributed by atoms with Crippen LogP contribution >= 0.6 is 23.2 Å². The second-order valence-electron chi connectivity index (χ2n) is 8.33. The standard InChI is InChI=1S/C24H18Cl2N6O4S/c25-19-10-21-22(11-20(19)26)31-7-8-35-23-9-16(3-6-18(23)24(31)28-21)36-13-14-12-32(30-29-14)15-1-4-17(5-2-15)37(27,33)34/h1-6,9-12H,7-8,13H2,(H2,27,33,34). The summed E-state index contributed by atoms with van der Waals surface area (Å²) in [6.07, 6.45) is 1.70. The Hall–Kier alpha value is -3.64. The molecule has 188 valence electrons. The molecule has 37 heavy (non-hydrogen) atoms. The van der Waals surface area contributed by atoms with Crippen LogP contribution in [0.4, 0.5) is 0 Å². The summed E-state index contributed by atoms with van der Waals surface area (Å²) in [5.41, 5.74) is 3.71. The van der Waals surface area contributed by atoms with Crippen molar-refractivity contribution in [2.24, 2.45) is 5.14 Å². The number of nitrogens with two attached hydrogens (primary N) is 1. The van der Waals surface area contributed by atoms with Gasteiger partial charge >= 0.3 is 0 Å². The first-order valence-electron chi connectivity index (χ1n) is 11.1. The van der Waals surface area contributed by atoms with Crippen molar-refractivity contribution in [3.63, 3.8) is 0 Å². The summed E-state index contributed by atoms with van der Waals surface area (Å²) in [4.78, 5) is 4.79. The van der Waals surface area contributed by atoms with Crippen molar-refractivity contribution in [2.45, 2.75) is 18.0 Å². The van der Waals surface area contributed by atoms with Crippen LogP contribution in [0.25, 0.3) is 28.1 Å². The Bertz CT molecular complexity index is 1770. The van der Waals surface area contributed by atoms with Crippen LogP contribution in [0.3, 0.4) is 0 Å². The highest BCUT2D eigenvalue weighted by molar-refractivity contribution is 7.89. The normalized spacial score (nSPS) is 13.1. The first kappa shape index (κ1) is 23.7. The van der Waals surface area contributed by atoms with Crippen molar-refractivity contribution < 1.29 is 17.9 Å². The van der Waals surface area contributed by atoms with Gasteiger partial charge in [0.2, 0.25) is 10.0 Å². The lowest BCUT2D eigenvalue weighted by molar-refractivity contribution is 0.289. The molecule has 2 N–H and O–H groups in total. The van der Waals surface area contributed by atoms with Crippen molar-refractivity contribution >= 4 is 44.3 Å². The lowest BCUT2D eigenvalue weighted by atomic mass is 10.2. The van der Waals surface area contributed by atoms with Gasteiger partial charge in [0.25, 0.3) is 0 Å². The van der Waals surface area contributed by atoms with Gasteiger partial charge < -0.3 is 14.0 Å². The summed E-state index contributed by atoms with van der Waals surface area (Å²) in [6, 6.07) is 15.2. The van der Waals surface area contributed by atoms with Gasteiger partial charge in [-0.05, 0) is 48.5 Å². The van der Waals surface area contributed by atoms with Crippen molar-refractivity contribution in [3.8, 4) is 28.6 Å². The summed E-state index contributed by atoms with van der Waals surface area (Å²) in [5.74, 6) is 2.02. The van der Waals surface area contributed by atoms with Crippen LogP contribution in [0.1, 0.15) is 5.69 Å². The average Bonchev–Trinajstić information content (AvgIpc) is 3.43. The van der Waals surface area contributed by atoms with Crippen LogP contribution in [-0.2, 0) is 23.2 Å². The first-order chi connectivity index (χ1) is 17.8. The number of benzene rings is 3. The van der Waals surface area contributed by atoms with E-state index < -0.39 is 10.0 Å². The molecule has 0 saturated carbocycles. The number of hydrogen-bond acceptors (Lipinski definition) is 7. The number of hydrogen-bond donors (Lipinski definition) is 1. The molecule has 1 aliphatic rings. The number of fused-ring (bicyclic) bond motifs is 5. The summed E-state index contributed by atoms with van der Waals surface area (Å²) in [5, 5.41) is 14.3. The van der Waals surface area contributed by atoms with E-state index in [0.29, 0.717) is 46.1 Å². The van der Waals surface area contributed by atoms with Crippen LogP contribution in [0, 0.1) is 0 Å². The number of primary sulfonamides is 1. The molecule has 3 heterocycles. The zero-order valence-corrected chi connectivity index (χ0v) is 21.3. The van der Waals surface area contributed by atoms with Crippen molar-refractivity contribution in [1.82, 2.24) is 24.5 Å². The van der Waals surface area contributed by atoms with Crippen LogP contribution in [-0.4, -0.2) is 39.6 Å². The maximum absolute atomic E-state index is 11.4. The molecule has 10 nitrogen and oxygen atoms in total. The van der Waals surface area contributed by atoms with Crippen molar-refractivity contribution in [2.75, 3.05) is 6.61 Å². The van der Waals surface area contributed by atoms with E-state index in [4.69, 9.17) is 42.8 Å². The van der Waals surface area contributed by atoms with Crippen molar-refractivity contribution in [1.29, 1.82) is 0 Å². The molecule has 0 unspecified atom stereocenters. The van der Waals surface area contributed by atoms with E-state index >= 15 is 0 Å². The molecule has 5 aromatic rings. The number of ether oxygens (including phenoxy) is 2. The third-order valence-corrected chi connectivity index (χ3v) is 7.57. The van der Waals surface area contributed by atoms with Gasteiger partial charge in [-0.15, -0.1) is 5.10 Å². The minimum atomic E-state index is -3.76. The fourth-order valence-electron chi connectivity index (χ4n) is 4.13. The topological polar surface area (TPSA) is 127 Å². The van der Waals surface area contributed by atoms with Gasteiger partial charge in [-0.3, -0.25) is 0 Å². The Morgan fingerprint density at radius 3 is 2.62 bits per heavy atom. The molecule has 0 bridgehead atoms. The minimum Gasteiger partial charge on any atom is -0.491 e. The summed E-state index contributed by atoms with van der Waals surface area (Å²) in [6.45, 7) is 1.23. The lowest BCUT2D eigenvalue weighted by Gasteiger charge is -2.09. The molecule has 0 radical (unpaired) electrons. The second-order valence-corrected chi connectivity index (χ2v) is 10.7. The van der Waals surface area contributed by atoms with Gasteiger partial charge in [-0.2, -0.15) is 0 Å². The molecule has 0 fully saturated rings. The molecule has 0 amide bonds. The molecule has 0 saturated heterocycles. The summed E-state index contributed by atoms with van der Waals surface area (Å²) >= 11 is 12.4. The number of halogens is 2. The maximum atomic E-state index is 11.4. The molecule has 6 rings (SSSR count). The Kier molecular flexibility index (Phi) is 5.80. The zero-order chi connectivity index (χ0) is 25.7. The highest BCUT2D eigenvalue weighted by atomic mass is 35.5. The molecule has 13 heteroatoms. The number of rotatable bonds is 5. The van der Waals surface area contributed by atoms with E-state index in [9.17, 15) is 8.42 Å². The Labute approximate surface area is 221 Å². The summed E-state index contributed by atoms with van der Waals surface area (Å²) in [7, 11) is -3.76. The van der Waals surface area contributed by atoms with Crippen molar-refractivity contribution in [3.05, 3.63) is 76.5 Å². The Morgan fingerprint density at radius 1 is 1.05 bits per heavy atom. The van der Waals surface area contributed by atoms with Crippen LogP contribution in [0.5, 0.6) is 11.5 Å². The number of sulfonamides is 1. The third kappa shape index (κ3) is 4.51. The zero-order valence-electron chi connectivity index (χ0n) is 19.0. The van der Waals surface area contributed by atoms with Gasteiger partial charge in [0.05, 0.1) is 50.0 Å². The molecule has 0 aliphatic carbocycles. The third-order valence-electron chi connectivity index (χ3n) is 5.91. The van der Waals surface area contributed by atoms with E-state index in [1.807, 2.05) is 24.3 Å². The van der Waals surface area contributed by atoms with E-state index in [0.717, 1.165) is 22.4 Å². The highest BCUT2D eigenvalue weighted by Gasteiger charge is 2.21. The lowest BCUT2D eigenvalue weighted by Crippen LogP contribution is -2.12. The highest BCUT2D eigenvalue weighted by Crippen LogP contribution is 2.38. The molecule has 2 aromatic heterocycles. The van der Waals surface area contributed by atoms with Gasteiger partial charge in [0.1, 0.15) is 36.2 Å². The minimum absolute atomic E-state index is 0.0218. The molecule has 3 aromatic carbocycles. The van der Waals surface area contributed by atoms with Crippen LogP contribution in [0.15, 0.2) is 65.7 Å². The molecule has 0 atom stereocenters. The average molecular weight is 557 g/mol. The fourth-order valence-corrected chi connectivity index (χ4v) is 4.96. The molecular formula is C24H18Cl2N6O4S. The van der Waals surface area contributed by atoms with Crippen LogP contribution < -0.4 is 14.6 Å². The largest absolute Gasteiger partial charge is 0.491 e. The van der Waals surface area contributed by atoms with Gasteiger partial charge in [-0.1, -0.05) is 28.4 Å². The van der Waals surface area contributed by atoms with Gasteiger partial charge in [-0.25, -0.2) is 23.2 Å². The fraction of sp³-hybridized carbons (Fsp3) is 0.125. The van der Waals surface area contributed by atoms with E-state index in [-0.39, 0.29) is 11.5 Å². The van der Waals surface area contributed by atoms with E-state index in [2.05, 4.69) is 14.9 Å². The number of aromatic nitrogens is 5. The smallest absolute Gasteiger partial charge is 0.238 e. The Morgan fingerprint density at radius 2 is 1.84 bits per heavy atom. The number of imidazole rings is 1. The monoisotopic (exact) mass is 556 g/mol. The predicted octanol–water partition coefficient (Wildman–Crippen LogP) is 4.21. The molecular weight excluding hydrogens is 539 g/mol. The first-order valence-corrected chi connectivity index (χ1v) is 13.4. The Balaban J connectivity index is 1.21. The van der Waals surface area contributed by atoms with Crippen LogP contribution in [0.2, 0.25) is 10.0 Å².